The number of nitrogens with one attached hydrogen (secondary N) is 1. The Hall–Kier alpha value is -1.86. The molecule has 0 unspecified atom stereocenters. The van der Waals surface area contributed by atoms with E-state index in [1.54, 1.807) is 19.1 Å². The van der Waals surface area contributed by atoms with Crippen molar-refractivity contribution in [3.8, 4) is 0 Å². The largest absolute Gasteiger partial charge is 0.449 e. The van der Waals surface area contributed by atoms with E-state index >= 15 is 0 Å². The van der Waals surface area contributed by atoms with Gasteiger partial charge in [-0.3, -0.25) is 9.59 Å². The summed E-state index contributed by atoms with van der Waals surface area (Å²) >= 11 is 0. The van der Waals surface area contributed by atoms with E-state index in [-0.39, 0.29) is 24.3 Å². The minimum atomic E-state index is -4.68. The van der Waals surface area contributed by atoms with E-state index in [9.17, 15) is 22.8 Å². The van der Waals surface area contributed by atoms with Gasteiger partial charge in [0.1, 0.15) is 0 Å². The quantitative estimate of drug-likeness (QED) is 0.877. The number of hydrogen-bond acceptors (Lipinski definition) is 3. The van der Waals surface area contributed by atoms with Crippen molar-refractivity contribution in [3.63, 3.8) is 0 Å². The van der Waals surface area contributed by atoms with Crippen LogP contribution in [0.2, 0.25) is 0 Å². The number of H-pyrrole nitrogens is 1. The number of carbonyl (C=O) groups is 1. The molecule has 5 nitrogen and oxygen atoms in total. The van der Waals surface area contributed by atoms with Crippen molar-refractivity contribution < 1.29 is 18.0 Å². The summed E-state index contributed by atoms with van der Waals surface area (Å²) in [5, 5.41) is 0. The van der Waals surface area contributed by atoms with Gasteiger partial charge >= 0.3 is 6.18 Å². The molecule has 0 spiro atoms. The van der Waals surface area contributed by atoms with Crippen LogP contribution in [0, 0.1) is 0 Å². The molecular formula is C10H12F3N3O2. The lowest BCUT2D eigenvalue weighted by atomic mass is 10.2. The van der Waals surface area contributed by atoms with E-state index in [1.165, 1.54) is 4.90 Å². The van der Waals surface area contributed by atoms with Crippen LogP contribution in [-0.2, 0) is 17.4 Å². The number of aromatic amines is 1. The van der Waals surface area contributed by atoms with E-state index in [4.69, 9.17) is 0 Å². The monoisotopic (exact) mass is 263 g/mol. The lowest BCUT2D eigenvalue weighted by Crippen LogP contribution is -2.25. The number of hydrogen-bond donors (Lipinski definition) is 1. The Balaban J connectivity index is 2.82. The van der Waals surface area contributed by atoms with Gasteiger partial charge in [0.25, 0.3) is 5.56 Å². The number of carbonyl (C=O) groups excluding carboxylic acids is 1. The Kier molecular flexibility index (Phi) is 4.10. The number of aromatic nitrogens is 2. The minimum absolute atomic E-state index is 0.0448. The second kappa shape index (κ2) is 5.19. The van der Waals surface area contributed by atoms with Gasteiger partial charge in [0.05, 0.1) is 0 Å². The van der Waals surface area contributed by atoms with Crippen molar-refractivity contribution in [1.29, 1.82) is 0 Å². The average molecular weight is 263 g/mol. The summed E-state index contributed by atoms with van der Waals surface area (Å²) in [6.45, 7) is 0. The van der Waals surface area contributed by atoms with Gasteiger partial charge in [-0.15, -0.1) is 0 Å². The van der Waals surface area contributed by atoms with Crippen molar-refractivity contribution in [2.75, 3.05) is 14.1 Å². The molecule has 0 aliphatic rings. The molecule has 1 aromatic heterocycles. The summed E-state index contributed by atoms with van der Waals surface area (Å²) in [6.07, 6.45) is -3.73. The molecule has 0 saturated carbocycles. The van der Waals surface area contributed by atoms with Gasteiger partial charge in [0.2, 0.25) is 11.7 Å². The van der Waals surface area contributed by atoms with Crippen molar-refractivity contribution in [2.24, 2.45) is 0 Å². The lowest BCUT2D eigenvalue weighted by molar-refractivity contribution is -0.145. The number of aryl methyl sites for hydroxylation is 1. The molecule has 0 aliphatic carbocycles. The number of halogens is 3. The second-order valence-corrected chi connectivity index (χ2v) is 3.87. The summed E-state index contributed by atoms with van der Waals surface area (Å²) in [7, 11) is 3.11. The van der Waals surface area contributed by atoms with E-state index in [0.29, 0.717) is 0 Å². The Bertz CT molecular complexity index is 494. The Morgan fingerprint density at radius 2 is 2.06 bits per heavy atom. The van der Waals surface area contributed by atoms with Crippen LogP contribution in [0.5, 0.6) is 0 Å². The fourth-order valence-corrected chi connectivity index (χ4v) is 1.21. The van der Waals surface area contributed by atoms with Crippen LogP contribution in [0.25, 0.3) is 0 Å². The Morgan fingerprint density at radius 1 is 1.44 bits per heavy atom. The van der Waals surface area contributed by atoms with E-state index in [0.717, 1.165) is 6.20 Å². The molecule has 1 N–H and O–H groups in total. The zero-order valence-electron chi connectivity index (χ0n) is 9.84. The molecule has 100 valence electrons. The molecule has 1 aromatic rings. The highest BCUT2D eigenvalue weighted by Crippen LogP contribution is 2.24. The summed E-state index contributed by atoms with van der Waals surface area (Å²) in [4.78, 5) is 28.7. The molecule has 1 rings (SSSR count). The maximum atomic E-state index is 12.2. The van der Waals surface area contributed by atoms with Gasteiger partial charge in [-0.25, -0.2) is 4.98 Å². The third-order valence-electron chi connectivity index (χ3n) is 2.25. The third kappa shape index (κ3) is 3.57. The van der Waals surface area contributed by atoms with Crippen LogP contribution in [0.1, 0.15) is 17.8 Å². The number of nitrogens with zero attached hydrogens (tertiary/aromatic N) is 2. The van der Waals surface area contributed by atoms with Gasteiger partial charge < -0.3 is 9.88 Å². The highest BCUT2D eigenvalue weighted by molar-refractivity contribution is 5.75. The SMILES string of the molecule is CN(C)C(=O)CCc1cnc(C(F)(F)F)[nH]c1=O. The van der Waals surface area contributed by atoms with E-state index < -0.39 is 17.6 Å². The van der Waals surface area contributed by atoms with Crippen LogP contribution >= 0.6 is 0 Å². The van der Waals surface area contributed by atoms with Gasteiger partial charge in [-0.1, -0.05) is 0 Å². The Labute approximate surface area is 101 Å². The normalized spacial score (nSPS) is 11.4. The fourth-order valence-electron chi connectivity index (χ4n) is 1.21. The summed E-state index contributed by atoms with van der Waals surface area (Å²) in [5.41, 5.74) is -0.818. The van der Waals surface area contributed by atoms with Crippen LogP contribution in [0.3, 0.4) is 0 Å². The highest BCUT2D eigenvalue weighted by Gasteiger charge is 2.34. The molecule has 8 heteroatoms. The molecule has 0 aliphatic heterocycles. The van der Waals surface area contributed by atoms with Crippen molar-refractivity contribution in [1.82, 2.24) is 14.9 Å². The number of alkyl halides is 3. The number of amides is 1. The smallest absolute Gasteiger partial charge is 0.349 e. The molecule has 0 aromatic carbocycles. The second-order valence-electron chi connectivity index (χ2n) is 3.87. The first kappa shape index (κ1) is 14.2. The maximum absolute atomic E-state index is 12.2. The van der Waals surface area contributed by atoms with E-state index in [1.807, 2.05) is 0 Å². The topological polar surface area (TPSA) is 66.1 Å². The first-order chi connectivity index (χ1) is 8.21. The molecule has 0 saturated heterocycles. The van der Waals surface area contributed by atoms with Crippen LogP contribution in [-0.4, -0.2) is 34.9 Å². The zero-order valence-corrected chi connectivity index (χ0v) is 9.84. The Morgan fingerprint density at radius 3 is 2.50 bits per heavy atom. The summed E-state index contributed by atoms with van der Waals surface area (Å²) < 4.78 is 36.7. The first-order valence-electron chi connectivity index (χ1n) is 5.07. The van der Waals surface area contributed by atoms with Crippen molar-refractivity contribution in [2.45, 2.75) is 19.0 Å². The van der Waals surface area contributed by atoms with Crippen LogP contribution < -0.4 is 5.56 Å². The average Bonchev–Trinajstić information content (AvgIpc) is 2.25. The molecule has 1 amide bonds. The highest BCUT2D eigenvalue weighted by atomic mass is 19.4. The molecule has 0 radical (unpaired) electrons. The number of rotatable bonds is 3. The predicted octanol–water partition coefficient (Wildman–Crippen LogP) is 0.809. The van der Waals surface area contributed by atoms with Gasteiger partial charge in [0.15, 0.2) is 0 Å². The molecule has 18 heavy (non-hydrogen) atoms. The molecule has 0 fully saturated rings. The minimum Gasteiger partial charge on any atom is -0.349 e. The maximum Gasteiger partial charge on any atom is 0.449 e. The molecular weight excluding hydrogens is 251 g/mol. The summed E-state index contributed by atoms with van der Waals surface area (Å²) in [6, 6.07) is 0. The van der Waals surface area contributed by atoms with Crippen molar-refractivity contribution in [3.05, 3.63) is 27.9 Å². The fraction of sp³-hybridized carbons (Fsp3) is 0.500. The third-order valence-corrected chi connectivity index (χ3v) is 2.25. The standard InChI is InChI=1S/C10H12F3N3O2/c1-16(2)7(17)4-3-6-5-14-9(10(11,12)13)15-8(6)18/h5H,3-4H2,1-2H3,(H,14,15,18). The van der Waals surface area contributed by atoms with E-state index in [2.05, 4.69) is 4.98 Å². The molecule has 0 bridgehead atoms. The predicted molar refractivity (Wildman–Crippen MR) is 56.9 cm³/mol. The van der Waals surface area contributed by atoms with Gasteiger partial charge in [0, 0.05) is 32.3 Å². The van der Waals surface area contributed by atoms with Crippen LogP contribution in [0.4, 0.5) is 13.2 Å². The lowest BCUT2D eigenvalue weighted by Gasteiger charge is -2.09. The van der Waals surface area contributed by atoms with Crippen molar-refractivity contribution >= 4 is 5.91 Å². The molecule has 1 heterocycles. The molecule has 0 atom stereocenters. The first-order valence-corrected chi connectivity index (χ1v) is 5.07. The van der Waals surface area contributed by atoms with Crippen LogP contribution in [0.15, 0.2) is 11.0 Å². The van der Waals surface area contributed by atoms with Gasteiger partial charge in [-0.2, -0.15) is 13.2 Å². The van der Waals surface area contributed by atoms with Gasteiger partial charge in [-0.05, 0) is 6.42 Å². The summed E-state index contributed by atoms with van der Waals surface area (Å²) in [5.74, 6) is -1.55. The zero-order chi connectivity index (χ0) is 13.9.